The second kappa shape index (κ2) is 14.1. The van der Waals surface area contributed by atoms with Gasteiger partial charge in [0.15, 0.2) is 0 Å². The summed E-state index contributed by atoms with van der Waals surface area (Å²) < 4.78 is 0. The van der Waals surface area contributed by atoms with Crippen molar-refractivity contribution in [2.45, 2.75) is 97.4 Å². The van der Waals surface area contributed by atoms with Gasteiger partial charge in [-0.25, -0.2) is 4.79 Å². The van der Waals surface area contributed by atoms with Crippen LogP contribution in [0.15, 0.2) is 12.2 Å². The SMILES string of the molecule is C=C(C)C(=O)O.CCCCCC(N)(CCCC)CCCC. The molecule has 0 aliphatic heterocycles. The highest BCUT2D eigenvalue weighted by molar-refractivity contribution is 5.84. The highest BCUT2D eigenvalue weighted by Crippen LogP contribution is 2.25. The molecule has 0 aliphatic carbocycles. The minimum atomic E-state index is -0.935. The van der Waals surface area contributed by atoms with Crippen LogP contribution in [0.4, 0.5) is 0 Å². The lowest BCUT2D eigenvalue weighted by molar-refractivity contribution is -0.132. The van der Waals surface area contributed by atoms with Gasteiger partial charge in [0.1, 0.15) is 0 Å². The lowest BCUT2D eigenvalue weighted by Gasteiger charge is -2.29. The lowest BCUT2D eigenvalue weighted by atomic mass is 9.83. The standard InChI is InChI=1S/C14H31N.C4H6O2/c1-4-7-10-13-14(15,11-8-5-2)12-9-6-3;1-3(2)4(5)6/h4-13,15H2,1-3H3;1H2,2H3,(H,5,6). The minimum Gasteiger partial charge on any atom is -0.478 e. The molecule has 21 heavy (non-hydrogen) atoms. The molecule has 0 atom stereocenters. The van der Waals surface area contributed by atoms with E-state index in [-0.39, 0.29) is 11.1 Å². The zero-order valence-electron chi connectivity index (χ0n) is 14.7. The van der Waals surface area contributed by atoms with E-state index in [1.165, 1.54) is 71.1 Å². The van der Waals surface area contributed by atoms with Crippen molar-refractivity contribution in [1.82, 2.24) is 0 Å². The monoisotopic (exact) mass is 299 g/mol. The van der Waals surface area contributed by atoms with E-state index in [4.69, 9.17) is 10.8 Å². The van der Waals surface area contributed by atoms with E-state index in [0.717, 1.165) is 0 Å². The Morgan fingerprint density at radius 2 is 1.29 bits per heavy atom. The van der Waals surface area contributed by atoms with Gasteiger partial charge < -0.3 is 10.8 Å². The summed E-state index contributed by atoms with van der Waals surface area (Å²) in [6.07, 6.45) is 12.8. The Morgan fingerprint density at radius 1 is 0.952 bits per heavy atom. The highest BCUT2D eigenvalue weighted by Gasteiger charge is 2.22. The Bertz CT molecular complexity index is 254. The average molecular weight is 299 g/mol. The molecular weight excluding hydrogens is 262 g/mol. The van der Waals surface area contributed by atoms with Crippen molar-refractivity contribution in [3.8, 4) is 0 Å². The van der Waals surface area contributed by atoms with E-state index in [1.54, 1.807) is 0 Å². The molecule has 3 N–H and O–H groups in total. The number of carboxylic acids is 1. The van der Waals surface area contributed by atoms with Crippen LogP contribution >= 0.6 is 0 Å². The van der Waals surface area contributed by atoms with Gasteiger partial charge in [0.2, 0.25) is 0 Å². The topological polar surface area (TPSA) is 63.3 Å². The molecule has 126 valence electrons. The van der Waals surface area contributed by atoms with Gasteiger partial charge in [-0.1, -0.05) is 72.3 Å². The largest absolute Gasteiger partial charge is 0.478 e. The first-order chi connectivity index (χ1) is 9.82. The highest BCUT2D eigenvalue weighted by atomic mass is 16.4. The molecule has 0 aromatic rings. The number of hydrogen-bond donors (Lipinski definition) is 2. The zero-order chi connectivity index (χ0) is 16.7. The normalized spacial score (nSPS) is 10.7. The lowest BCUT2D eigenvalue weighted by Crippen LogP contribution is -2.39. The van der Waals surface area contributed by atoms with Gasteiger partial charge in [-0.2, -0.15) is 0 Å². The molecule has 0 rings (SSSR count). The fourth-order valence-corrected chi connectivity index (χ4v) is 2.16. The molecule has 0 saturated heterocycles. The number of rotatable bonds is 11. The summed E-state index contributed by atoms with van der Waals surface area (Å²) >= 11 is 0. The first-order valence-corrected chi connectivity index (χ1v) is 8.50. The van der Waals surface area contributed by atoms with Crippen LogP contribution < -0.4 is 5.73 Å². The number of carbonyl (C=O) groups is 1. The Hall–Kier alpha value is -0.830. The smallest absolute Gasteiger partial charge is 0.330 e. The molecule has 0 fully saturated rings. The van der Waals surface area contributed by atoms with Gasteiger partial charge >= 0.3 is 5.97 Å². The van der Waals surface area contributed by atoms with Crippen molar-refractivity contribution in [3.63, 3.8) is 0 Å². The van der Waals surface area contributed by atoms with Crippen molar-refractivity contribution in [3.05, 3.63) is 12.2 Å². The molecule has 3 heteroatoms. The summed E-state index contributed by atoms with van der Waals surface area (Å²) in [5, 5.41) is 7.89. The van der Waals surface area contributed by atoms with Crippen LogP contribution in [0, 0.1) is 0 Å². The van der Waals surface area contributed by atoms with Crippen LogP contribution in [0.1, 0.15) is 91.9 Å². The van der Waals surface area contributed by atoms with Crippen LogP contribution in [0.25, 0.3) is 0 Å². The predicted octanol–water partition coefficient (Wildman–Crippen LogP) is 5.29. The van der Waals surface area contributed by atoms with Crippen LogP contribution in [0.3, 0.4) is 0 Å². The third-order valence-corrected chi connectivity index (χ3v) is 3.70. The van der Waals surface area contributed by atoms with Crippen LogP contribution in [-0.2, 0) is 4.79 Å². The molecule has 0 saturated carbocycles. The summed E-state index contributed by atoms with van der Waals surface area (Å²) in [6.45, 7) is 11.4. The predicted molar refractivity (Wildman–Crippen MR) is 92.6 cm³/mol. The maximum atomic E-state index is 9.60. The second-order valence-electron chi connectivity index (χ2n) is 6.11. The molecule has 0 aliphatic rings. The van der Waals surface area contributed by atoms with Gasteiger partial charge in [-0.05, 0) is 26.2 Å². The molecular formula is C18H37NO2. The fraction of sp³-hybridized carbons (Fsp3) is 0.833. The summed E-state index contributed by atoms with van der Waals surface area (Å²) in [4.78, 5) is 9.60. The van der Waals surface area contributed by atoms with Gasteiger partial charge in [-0.3, -0.25) is 0 Å². The molecule has 0 spiro atoms. The minimum absolute atomic E-state index is 0.154. The van der Waals surface area contributed by atoms with E-state index < -0.39 is 5.97 Å². The number of unbranched alkanes of at least 4 members (excludes halogenated alkanes) is 4. The molecule has 0 aromatic heterocycles. The van der Waals surface area contributed by atoms with Gasteiger partial charge in [-0.15, -0.1) is 0 Å². The molecule has 0 heterocycles. The Kier molecular flexibility index (Phi) is 15.1. The molecule has 0 unspecified atom stereocenters. The summed E-state index contributed by atoms with van der Waals surface area (Å²) in [5.41, 5.74) is 6.84. The molecule has 3 nitrogen and oxygen atoms in total. The van der Waals surface area contributed by atoms with E-state index >= 15 is 0 Å². The Morgan fingerprint density at radius 3 is 1.57 bits per heavy atom. The van der Waals surface area contributed by atoms with Crippen molar-refractivity contribution in [2.24, 2.45) is 5.73 Å². The van der Waals surface area contributed by atoms with E-state index in [1.807, 2.05) is 0 Å². The number of nitrogens with two attached hydrogens (primary N) is 1. The second-order valence-corrected chi connectivity index (χ2v) is 6.11. The van der Waals surface area contributed by atoms with Gasteiger partial charge in [0, 0.05) is 11.1 Å². The molecule has 0 bridgehead atoms. The van der Waals surface area contributed by atoms with Crippen molar-refractivity contribution >= 4 is 5.97 Å². The summed E-state index contributed by atoms with van der Waals surface area (Å²) in [5.74, 6) is -0.935. The third-order valence-electron chi connectivity index (χ3n) is 3.70. The maximum absolute atomic E-state index is 9.60. The number of hydrogen-bond acceptors (Lipinski definition) is 2. The summed E-state index contributed by atoms with van der Waals surface area (Å²) in [7, 11) is 0. The van der Waals surface area contributed by atoms with Crippen molar-refractivity contribution < 1.29 is 9.90 Å². The van der Waals surface area contributed by atoms with E-state index in [2.05, 4.69) is 27.4 Å². The zero-order valence-corrected chi connectivity index (χ0v) is 14.7. The van der Waals surface area contributed by atoms with E-state index in [0.29, 0.717) is 0 Å². The van der Waals surface area contributed by atoms with Crippen LogP contribution in [0.2, 0.25) is 0 Å². The summed E-state index contributed by atoms with van der Waals surface area (Å²) in [6, 6.07) is 0. The quantitative estimate of drug-likeness (QED) is 0.402. The number of aliphatic carboxylic acids is 1. The molecule has 0 amide bonds. The first kappa shape index (κ1) is 22.5. The maximum Gasteiger partial charge on any atom is 0.330 e. The molecule has 0 radical (unpaired) electrons. The van der Waals surface area contributed by atoms with Crippen molar-refractivity contribution in [1.29, 1.82) is 0 Å². The van der Waals surface area contributed by atoms with Crippen molar-refractivity contribution in [2.75, 3.05) is 0 Å². The van der Waals surface area contributed by atoms with Gasteiger partial charge in [0.05, 0.1) is 0 Å². The van der Waals surface area contributed by atoms with E-state index in [9.17, 15) is 4.79 Å². The van der Waals surface area contributed by atoms with Gasteiger partial charge in [0.25, 0.3) is 0 Å². The Labute approximate surface area is 132 Å². The Balaban J connectivity index is 0. The third kappa shape index (κ3) is 15.4. The first-order valence-electron chi connectivity index (χ1n) is 8.50. The van der Waals surface area contributed by atoms with Crippen LogP contribution in [-0.4, -0.2) is 16.6 Å². The fourth-order valence-electron chi connectivity index (χ4n) is 2.16. The number of carboxylic acid groups (broad SMARTS) is 1. The average Bonchev–Trinajstić information content (AvgIpc) is 2.44. The molecule has 0 aromatic carbocycles. The van der Waals surface area contributed by atoms with Crippen LogP contribution in [0.5, 0.6) is 0 Å².